The summed E-state index contributed by atoms with van der Waals surface area (Å²) in [6.45, 7) is 5.14. The van der Waals surface area contributed by atoms with Crippen LogP contribution in [0.3, 0.4) is 0 Å². The van der Waals surface area contributed by atoms with Gasteiger partial charge in [-0.15, -0.1) is 0 Å². The Labute approximate surface area is 114 Å². The molecule has 0 aromatic carbocycles. The van der Waals surface area contributed by atoms with Crippen LogP contribution in [0.25, 0.3) is 0 Å². The Bertz CT molecular complexity index is 444. The van der Waals surface area contributed by atoms with E-state index < -0.39 is 9.76 Å². The number of hydrogen-bond acceptors (Lipinski definition) is 4. The zero-order valence-corrected chi connectivity index (χ0v) is 11.8. The molecule has 0 radical (unpaired) electrons. The molecule has 94 valence electrons. The highest BCUT2D eigenvalue weighted by Crippen LogP contribution is 2.37. The number of aryl methyl sites for hydroxylation is 1. The molecule has 0 N–H and O–H groups in total. The van der Waals surface area contributed by atoms with E-state index in [1.165, 1.54) is 0 Å². The number of carbonyl (C=O) groups excluding carboxylic acids is 1. The summed E-state index contributed by atoms with van der Waals surface area (Å²) in [7, 11) is 0. The first-order valence-corrected chi connectivity index (χ1v) is 6.02. The van der Waals surface area contributed by atoms with E-state index >= 15 is 0 Å². The van der Waals surface area contributed by atoms with E-state index in [2.05, 4.69) is 9.97 Å². The average Bonchev–Trinajstić information content (AvgIpc) is 2.22. The lowest BCUT2D eigenvalue weighted by atomic mass is 10.2. The molecule has 1 heterocycles. The Morgan fingerprint density at radius 2 is 1.88 bits per heavy atom. The maximum atomic E-state index is 11.2. The third-order valence-corrected chi connectivity index (χ3v) is 2.60. The van der Waals surface area contributed by atoms with Crippen LogP contribution in [-0.2, 0) is 8.59 Å². The second-order valence-corrected chi connectivity index (χ2v) is 5.67. The predicted octanol–water partition coefficient (Wildman–Crippen LogP) is 3.24. The summed E-state index contributed by atoms with van der Waals surface area (Å²) < 4.78 is 3.30. The summed E-state index contributed by atoms with van der Waals surface area (Å²) in [4.78, 5) is 19.2. The summed E-state index contributed by atoms with van der Waals surface area (Å²) in [5.41, 5.74) is 1.24. The maximum Gasteiger partial charge on any atom is 0.312 e. The van der Waals surface area contributed by atoms with Crippen LogP contribution in [-0.4, -0.2) is 15.9 Å². The van der Waals surface area contributed by atoms with Gasteiger partial charge < -0.3 is 4.74 Å². The number of ether oxygens (including phenoxy) is 1. The fourth-order valence-corrected chi connectivity index (χ4v) is 1.26. The third-order valence-electron chi connectivity index (χ3n) is 2.10. The molecule has 0 atom stereocenters. The SMILES string of the molecule is CCC(=O)Oc1nc(C(Cl)(Cl)Cl)nc(C)c1C. The Morgan fingerprint density at radius 1 is 1.29 bits per heavy atom. The van der Waals surface area contributed by atoms with E-state index in [1.54, 1.807) is 20.8 Å². The number of alkyl halides is 3. The standard InChI is InChI=1S/C10H11Cl3N2O2/c1-4-7(16)17-8-5(2)6(3)14-9(15-8)10(11,12)13/h4H2,1-3H3. The molecule has 0 aliphatic carbocycles. The van der Waals surface area contributed by atoms with Gasteiger partial charge in [0.25, 0.3) is 0 Å². The summed E-state index contributed by atoms with van der Waals surface area (Å²) in [6.07, 6.45) is 0.242. The number of aromatic nitrogens is 2. The van der Waals surface area contributed by atoms with Crippen molar-refractivity contribution in [2.24, 2.45) is 0 Å². The quantitative estimate of drug-likeness (QED) is 0.621. The molecule has 1 aromatic heterocycles. The molecule has 1 aromatic rings. The van der Waals surface area contributed by atoms with Crippen molar-refractivity contribution in [1.29, 1.82) is 0 Å². The van der Waals surface area contributed by atoms with Gasteiger partial charge in [0.2, 0.25) is 9.67 Å². The highest BCUT2D eigenvalue weighted by molar-refractivity contribution is 6.66. The molecule has 0 aliphatic heterocycles. The van der Waals surface area contributed by atoms with Crippen molar-refractivity contribution in [3.63, 3.8) is 0 Å². The minimum Gasteiger partial charge on any atom is -0.407 e. The molecule has 0 fully saturated rings. The molecule has 0 aliphatic rings. The molecule has 0 spiro atoms. The lowest BCUT2D eigenvalue weighted by molar-refractivity contribution is -0.134. The first kappa shape index (κ1) is 14.5. The highest BCUT2D eigenvalue weighted by atomic mass is 35.6. The topological polar surface area (TPSA) is 52.1 Å². The van der Waals surface area contributed by atoms with Gasteiger partial charge in [-0.2, -0.15) is 4.98 Å². The first-order valence-electron chi connectivity index (χ1n) is 4.88. The van der Waals surface area contributed by atoms with E-state index in [4.69, 9.17) is 39.5 Å². The molecular formula is C10H11Cl3N2O2. The van der Waals surface area contributed by atoms with Crippen LogP contribution >= 0.6 is 34.8 Å². The molecule has 0 saturated carbocycles. The van der Waals surface area contributed by atoms with Crippen molar-refractivity contribution in [3.8, 4) is 5.88 Å². The van der Waals surface area contributed by atoms with Gasteiger partial charge in [-0.05, 0) is 13.8 Å². The van der Waals surface area contributed by atoms with E-state index in [0.29, 0.717) is 11.3 Å². The number of halogens is 3. The Morgan fingerprint density at radius 3 is 2.35 bits per heavy atom. The summed E-state index contributed by atoms with van der Waals surface area (Å²) >= 11 is 17.1. The van der Waals surface area contributed by atoms with Crippen LogP contribution in [0.5, 0.6) is 5.88 Å². The molecule has 7 heteroatoms. The molecule has 0 saturated heterocycles. The van der Waals surface area contributed by atoms with Crippen molar-refractivity contribution >= 4 is 40.8 Å². The van der Waals surface area contributed by atoms with Gasteiger partial charge in [0, 0.05) is 17.7 Å². The molecule has 0 amide bonds. The van der Waals surface area contributed by atoms with Crippen molar-refractivity contribution in [3.05, 3.63) is 17.1 Å². The van der Waals surface area contributed by atoms with Gasteiger partial charge in [0.1, 0.15) is 0 Å². The fourth-order valence-electron chi connectivity index (χ4n) is 1.01. The zero-order chi connectivity index (χ0) is 13.2. The number of rotatable bonds is 2. The summed E-state index contributed by atoms with van der Waals surface area (Å²) in [6, 6.07) is 0. The van der Waals surface area contributed by atoms with E-state index in [9.17, 15) is 4.79 Å². The Kier molecular flexibility index (Phi) is 4.58. The van der Waals surface area contributed by atoms with Crippen molar-refractivity contribution in [1.82, 2.24) is 9.97 Å². The third kappa shape index (κ3) is 3.69. The largest absolute Gasteiger partial charge is 0.407 e. The molecule has 17 heavy (non-hydrogen) atoms. The van der Waals surface area contributed by atoms with Crippen molar-refractivity contribution in [2.75, 3.05) is 0 Å². The van der Waals surface area contributed by atoms with Crippen LogP contribution in [0, 0.1) is 13.8 Å². The van der Waals surface area contributed by atoms with Crippen LogP contribution in [0.15, 0.2) is 0 Å². The minimum absolute atomic E-state index is 0.00972. The number of esters is 1. The van der Waals surface area contributed by atoms with Crippen LogP contribution in [0.4, 0.5) is 0 Å². The number of nitrogens with zero attached hydrogens (tertiary/aromatic N) is 2. The van der Waals surface area contributed by atoms with Gasteiger partial charge in [0.05, 0.1) is 0 Å². The van der Waals surface area contributed by atoms with Gasteiger partial charge in [0.15, 0.2) is 5.82 Å². The van der Waals surface area contributed by atoms with E-state index in [1.807, 2.05) is 0 Å². The van der Waals surface area contributed by atoms with E-state index in [-0.39, 0.29) is 18.1 Å². The second-order valence-electron chi connectivity index (χ2n) is 3.39. The second kappa shape index (κ2) is 5.38. The summed E-state index contributed by atoms with van der Waals surface area (Å²) in [5, 5.41) is 0. The lowest BCUT2D eigenvalue weighted by Crippen LogP contribution is -2.14. The number of carbonyl (C=O) groups is 1. The first-order chi connectivity index (χ1) is 7.75. The Hall–Kier alpha value is -0.580. The van der Waals surface area contributed by atoms with Gasteiger partial charge in [-0.25, -0.2) is 4.98 Å². The van der Waals surface area contributed by atoms with E-state index in [0.717, 1.165) is 0 Å². The fraction of sp³-hybridized carbons (Fsp3) is 0.500. The molecule has 1 rings (SSSR count). The van der Waals surface area contributed by atoms with Gasteiger partial charge in [-0.3, -0.25) is 4.79 Å². The van der Waals surface area contributed by atoms with Crippen LogP contribution in [0.2, 0.25) is 0 Å². The monoisotopic (exact) mass is 296 g/mol. The minimum atomic E-state index is -1.74. The summed E-state index contributed by atoms with van der Waals surface area (Å²) in [5.74, 6) is -0.281. The van der Waals surface area contributed by atoms with Crippen LogP contribution < -0.4 is 4.74 Å². The lowest BCUT2D eigenvalue weighted by Gasteiger charge is -2.13. The zero-order valence-electron chi connectivity index (χ0n) is 9.55. The van der Waals surface area contributed by atoms with Gasteiger partial charge >= 0.3 is 5.97 Å². The van der Waals surface area contributed by atoms with Crippen LogP contribution in [0.1, 0.15) is 30.4 Å². The Balaban J connectivity index is 3.21. The molecular weight excluding hydrogens is 286 g/mol. The molecule has 4 nitrogen and oxygen atoms in total. The maximum absolute atomic E-state index is 11.2. The number of hydrogen-bond donors (Lipinski definition) is 0. The molecule has 0 bridgehead atoms. The molecule has 0 unspecified atom stereocenters. The van der Waals surface area contributed by atoms with Crippen molar-refractivity contribution < 1.29 is 9.53 Å². The van der Waals surface area contributed by atoms with Crippen molar-refractivity contribution in [2.45, 2.75) is 31.0 Å². The normalized spacial score (nSPS) is 11.4. The predicted molar refractivity (Wildman–Crippen MR) is 66.7 cm³/mol. The smallest absolute Gasteiger partial charge is 0.312 e. The highest BCUT2D eigenvalue weighted by Gasteiger charge is 2.28. The average molecular weight is 298 g/mol. The van der Waals surface area contributed by atoms with Gasteiger partial charge in [-0.1, -0.05) is 41.7 Å².